The maximum Gasteiger partial charge on any atom is 0.237 e. The van der Waals surface area contributed by atoms with Crippen molar-refractivity contribution in [2.75, 3.05) is 12.4 Å². The van der Waals surface area contributed by atoms with Crippen LogP contribution in [0.4, 0.5) is 14.5 Å². The highest BCUT2D eigenvalue weighted by Gasteiger charge is 2.15. The van der Waals surface area contributed by atoms with Crippen molar-refractivity contribution in [3.63, 3.8) is 0 Å². The number of hydrogen-bond acceptors (Lipinski definition) is 3. The normalized spacial score (nSPS) is 11.8. The van der Waals surface area contributed by atoms with Gasteiger partial charge in [0.15, 0.2) is 0 Å². The molecule has 0 heterocycles. The van der Waals surface area contributed by atoms with E-state index in [1.807, 2.05) is 0 Å². The summed E-state index contributed by atoms with van der Waals surface area (Å²) < 4.78 is 31.6. The fourth-order valence-corrected chi connectivity index (χ4v) is 2.83. The number of methoxy groups -OCH3 is 1. The molecule has 0 saturated heterocycles. The maximum absolute atomic E-state index is 13.3. The molecule has 0 bridgehead atoms. The number of carbonyl (C=O) groups is 1. The molecule has 0 saturated carbocycles. The maximum atomic E-state index is 13.3. The Morgan fingerprint density at radius 1 is 1.22 bits per heavy atom. The molecule has 1 unspecified atom stereocenters. The zero-order valence-electron chi connectivity index (χ0n) is 12.8. The highest BCUT2D eigenvalue weighted by molar-refractivity contribution is 7.99. The van der Waals surface area contributed by atoms with Crippen LogP contribution >= 0.6 is 11.8 Å². The van der Waals surface area contributed by atoms with Crippen LogP contribution in [0, 0.1) is 11.6 Å². The van der Waals surface area contributed by atoms with E-state index in [2.05, 4.69) is 5.32 Å². The van der Waals surface area contributed by atoms with E-state index in [0.717, 1.165) is 0 Å². The summed E-state index contributed by atoms with van der Waals surface area (Å²) in [5.74, 6) is 0.0112. The standard InChI is InChI=1S/C17H17F2NO2S/c1-11(17(21)20-15-5-3-4-13(18)9-15)23-10-12-8-14(19)6-7-16(12)22-2/h3-9,11H,10H2,1-2H3,(H,20,21). The molecule has 23 heavy (non-hydrogen) atoms. The van der Waals surface area contributed by atoms with Crippen LogP contribution in [0.15, 0.2) is 42.5 Å². The zero-order valence-corrected chi connectivity index (χ0v) is 13.6. The van der Waals surface area contributed by atoms with Crippen LogP contribution in [0.1, 0.15) is 12.5 Å². The lowest BCUT2D eigenvalue weighted by molar-refractivity contribution is -0.115. The third-order valence-corrected chi connectivity index (χ3v) is 4.38. The third kappa shape index (κ3) is 4.96. The predicted molar refractivity (Wildman–Crippen MR) is 88.7 cm³/mol. The topological polar surface area (TPSA) is 38.3 Å². The summed E-state index contributed by atoms with van der Waals surface area (Å²) in [5, 5.41) is 2.27. The van der Waals surface area contributed by atoms with Crippen LogP contribution in [0.3, 0.4) is 0 Å². The second-order valence-corrected chi connectivity index (χ2v) is 6.24. The average molecular weight is 337 g/mol. The zero-order chi connectivity index (χ0) is 16.8. The first-order chi connectivity index (χ1) is 11.0. The molecule has 0 fully saturated rings. The second kappa shape index (κ2) is 7.97. The van der Waals surface area contributed by atoms with Crippen LogP contribution in [-0.2, 0) is 10.5 Å². The summed E-state index contributed by atoms with van der Waals surface area (Å²) in [5.41, 5.74) is 1.09. The van der Waals surface area contributed by atoms with Crippen LogP contribution < -0.4 is 10.1 Å². The quantitative estimate of drug-likeness (QED) is 0.857. The lowest BCUT2D eigenvalue weighted by Crippen LogP contribution is -2.22. The molecule has 0 aliphatic rings. The van der Waals surface area contributed by atoms with Gasteiger partial charge in [-0.15, -0.1) is 11.8 Å². The van der Waals surface area contributed by atoms with Crippen molar-refractivity contribution in [2.45, 2.75) is 17.9 Å². The monoisotopic (exact) mass is 337 g/mol. The number of hydrogen-bond donors (Lipinski definition) is 1. The van der Waals surface area contributed by atoms with Crippen molar-refractivity contribution in [3.05, 3.63) is 59.7 Å². The van der Waals surface area contributed by atoms with E-state index in [-0.39, 0.29) is 17.0 Å². The number of halogens is 2. The van der Waals surface area contributed by atoms with Gasteiger partial charge >= 0.3 is 0 Å². The molecule has 1 atom stereocenters. The van der Waals surface area contributed by atoms with Crippen LogP contribution in [0.2, 0.25) is 0 Å². The van der Waals surface area contributed by atoms with Gasteiger partial charge in [0.25, 0.3) is 0 Å². The van der Waals surface area contributed by atoms with Crippen LogP contribution in [0.5, 0.6) is 5.75 Å². The molecule has 0 aliphatic carbocycles. The van der Waals surface area contributed by atoms with Gasteiger partial charge < -0.3 is 10.1 Å². The van der Waals surface area contributed by atoms with Gasteiger partial charge in [0.2, 0.25) is 5.91 Å². The second-order valence-electron chi connectivity index (χ2n) is 4.91. The van der Waals surface area contributed by atoms with Crippen LogP contribution in [0.25, 0.3) is 0 Å². The Morgan fingerprint density at radius 3 is 2.65 bits per heavy atom. The molecular weight excluding hydrogens is 320 g/mol. The summed E-state index contributed by atoms with van der Waals surface area (Å²) in [6.45, 7) is 1.74. The Labute approximate surface area is 138 Å². The number of anilines is 1. The summed E-state index contributed by atoms with van der Waals surface area (Å²) in [4.78, 5) is 12.1. The average Bonchev–Trinajstić information content (AvgIpc) is 2.52. The van der Waals surface area contributed by atoms with Crippen molar-refractivity contribution < 1.29 is 18.3 Å². The number of benzene rings is 2. The summed E-state index contributed by atoms with van der Waals surface area (Å²) in [6, 6.07) is 9.99. The van der Waals surface area contributed by atoms with Gasteiger partial charge in [-0.2, -0.15) is 0 Å². The number of nitrogens with one attached hydrogen (secondary N) is 1. The van der Waals surface area contributed by atoms with E-state index < -0.39 is 5.82 Å². The molecule has 2 aromatic rings. The molecular formula is C17H17F2NO2S. The van der Waals surface area contributed by atoms with Crippen molar-refractivity contribution in [2.24, 2.45) is 0 Å². The first kappa shape index (κ1) is 17.3. The summed E-state index contributed by atoms with van der Waals surface area (Å²) in [6.07, 6.45) is 0. The molecule has 0 aromatic heterocycles. The van der Waals surface area contributed by atoms with Crippen molar-refractivity contribution in [1.82, 2.24) is 0 Å². The smallest absolute Gasteiger partial charge is 0.237 e. The lowest BCUT2D eigenvalue weighted by atomic mass is 10.2. The predicted octanol–water partition coefficient (Wildman–Crippen LogP) is 4.23. The van der Waals surface area contributed by atoms with Crippen molar-refractivity contribution >= 4 is 23.4 Å². The molecule has 3 nitrogen and oxygen atoms in total. The molecule has 6 heteroatoms. The van der Waals surface area contributed by atoms with E-state index in [4.69, 9.17) is 4.74 Å². The van der Waals surface area contributed by atoms with Gasteiger partial charge in [-0.3, -0.25) is 4.79 Å². The highest BCUT2D eigenvalue weighted by atomic mass is 32.2. The van der Waals surface area contributed by atoms with E-state index in [9.17, 15) is 13.6 Å². The molecule has 1 N–H and O–H groups in total. The minimum atomic E-state index is -0.410. The van der Waals surface area contributed by atoms with Gasteiger partial charge in [0.1, 0.15) is 17.4 Å². The minimum Gasteiger partial charge on any atom is -0.496 e. The lowest BCUT2D eigenvalue weighted by Gasteiger charge is -2.13. The van der Waals surface area contributed by atoms with Gasteiger partial charge in [0.05, 0.1) is 12.4 Å². The molecule has 0 spiro atoms. The van der Waals surface area contributed by atoms with Crippen LogP contribution in [-0.4, -0.2) is 18.3 Å². The van der Waals surface area contributed by atoms with E-state index in [0.29, 0.717) is 22.8 Å². The molecule has 122 valence electrons. The minimum absolute atomic E-state index is 0.240. The van der Waals surface area contributed by atoms with E-state index in [1.165, 1.54) is 49.2 Å². The highest BCUT2D eigenvalue weighted by Crippen LogP contribution is 2.26. The number of carbonyl (C=O) groups excluding carboxylic acids is 1. The number of rotatable bonds is 6. The Morgan fingerprint density at radius 2 is 1.96 bits per heavy atom. The van der Waals surface area contributed by atoms with Crippen molar-refractivity contribution in [1.29, 1.82) is 0 Å². The van der Waals surface area contributed by atoms with Gasteiger partial charge in [-0.1, -0.05) is 6.07 Å². The van der Waals surface area contributed by atoms with E-state index in [1.54, 1.807) is 19.1 Å². The number of thioether (sulfide) groups is 1. The van der Waals surface area contributed by atoms with Crippen molar-refractivity contribution in [3.8, 4) is 5.75 Å². The van der Waals surface area contributed by atoms with Gasteiger partial charge in [-0.25, -0.2) is 8.78 Å². The Balaban J connectivity index is 1.95. The largest absolute Gasteiger partial charge is 0.496 e. The van der Waals surface area contributed by atoms with E-state index >= 15 is 0 Å². The fourth-order valence-electron chi connectivity index (χ4n) is 1.96. The Kier molecular flexibility index (Phi) is 5.98. The number of amides is 1. The molecule has 2 rings (SSSR count). The van der Waals surface area contributed by atoms with Gasteiger partial charge in [0, 0.05) is 17.0 Å². The molecule has 0 aliphatic heterocycles. The summed E-state index contributed by atoms with van der Waals surface area (Å²) in [7, 11) is 1.52. The first-order valence-electron chi connectivity index (χ1n) is 7.00. The summed E-state index contributed by atoms with van der Waals surface area (Å²) >= 11 is 1.35. The third-order valence-electron chi connectivity index (χ3n) is 3.19. The van der Waals surface area contributed by atoms with Gasteiger partial charge in [-0.05, 0) is 43.3 Å². The Bertz CT molecular complexity index is 694. The fraction of sp³-hybridized carbons (Fsp3) is 0.235. The SMILES string of the molecule is COc1ccc(F)cc1CSC(C)C(=O)Nc1cccc(F)c1. The molecule has 1 amide bonds. The Hall–Kier alpha value is -2.08. The molecule has 2 aromatic carbocycles. The molecule has 0 radical (unpaired) electrons. The first-order valence-corrected chi connectivity index (χ1v) is 8.05. The number of ether oxygens (including phenoxy) is 1.